The minimum atomic E-state index is 0.0381. The molecule has 2 N–H and O–H groups in total. The first kappa shape index (κ1) is 9.52. The van der Waals surface area contributed by atoms with E-state index in [4.69, 9.17) is 4.74 Å². The zero-order chi connectivity index (χ0) is 10.1. The second kappa shape index (κ2) is 3.61. The van der Waals surface area contributed by atoms with E-state index in [9.17, 15) is 5.11 Å². The van der Waals surface area contributed by atoms with Gasteiger partial charge in [0.2, 0.25) is 5.88 Å². The minimum Gasteiger partial charge on any atom is -0.492 e. The molecule has 1 fully saturated rings. The first-order valence-electron chi connectivity index (χ1n) is 5.14. The monoisotopic (exact) mass is 196 g/mol. The predicted octanol–water partition coefficient (Wildman–Crippen LogP) is 1.92. The van der Waals surface area contributed by atoms with Crippen molar-refractivity contribution in [2.24, 2.45) is 0 Å². The molecular formula is C10H16N2O2. The van der Waals surface area contributed by atoms with E-state index in [1.54, 1.807) is 0 Å². The van der Waals surface area contributed by atoms with Crippen LogP contribution >= 0.6 is 0 Å². The number of hydrogen-bond acceptors (Lipinski definition) is 3. The number of rotatable bonds is 2. The summed E-state index contributed by atoms with van der Waals surface area (Å²) in [6.45, 7) is 4.04. The fraction of sp³-hybridized carbons (Fsp3) is 0.700. The Morgan fingerprint density at radius 1 is 1.57 bits per heavy atom. The Morgan fingerprint density at radius 3 is 2.86 bits per heavy atom. The molecule has 1 aliphatic rings. The molecule has 0 aromatic carbocycles. The molecule has 4 nitrogen and oxygen atoms in total. The van der Waals surface area contributed by atoms with Crippen LogP contribution in [0.4, 0.5) is 0 Å². The summed E-state index contributed by atoms with van der Waals surface area (Å²) in [7, 11) is 0. The summed E-state index contributed by atoms with van der Waals surface area (Å²) in [6.07, 6.45) is 3.15. The van der Waals surface area contributed by atoms with E-state index in [1.165, 1.54) is 0 Å². The van der Waals surface area contributed by atoms with Gasteiger partial charge in [-0.2, -0.15) is 4.98 Å². The molecule has 78 valence electrons. The standard InChI is InChI=1S/C10H16N2O2/c1-3-7-10(13)12-9(11-7)8-5-4-6(2)14-8/h6,8,13H,3-5H2,1-2H3,(H,11,12). The molecule has 0 bridgehead atoms. The third-order valence-corrected chi connectivity index (χ3v) is 2.67. The van der Waals surface area contributed by atoms with E-state index in [1.807, 2.05) is 6.92 Å². The third kappa shape index (κ3) is 1.62. The fourth-order valence-corrected chi connectivity index (χ4v) is 1.82. The Bertz CT molecular complexity index is 322. The minimum absolute atomic E-state index is 0.0381. The van der Waals surface area contributed by atoms with Crippen molar-refractivity contribution in [1.82, 2.24) is 9.97 Å². The molecule has 4 heteroatoms. The maximum atomic E-state index is 9.46. The van der Waals surface area contributed by atoms with Crippen LogP contribution in [0, 0.1) is 0 Å². The van der Waals surface area contributed by atoms with Crippen LogP contribution in [0.3, 0.4) is 0 Å². The Kier molecular flexibility index (Phi) is 2.46. The van der Waals surface area contributed by atoms with E-state index in [0.717, 1.165) is 30.8 Å². The lowest BCUT2D eigenvalue weighted by Crippen LogP contribution is -2.02. The number of ether oxygens (including phenoxy) is 1. The van der Waals surface area contributed by atoms with E-state index >= 15 is 0 Å². The third-order valence-electron chi connectivity index (χ3n) is 2.67. The number of nitrogens with zero attached hydrogens (tertiary/aromatic N) is 1. The van der Waals surface area contributed by atoms with E-state index in [-0.39, 0.29) is 12.0 Å². The molecule has 0 aliphatic carbocycles. The molecule has 0 spiro atoms. The number of hydrogen-bond donors (Lipinski definition) is 2. The van der Waals surface area contributed by atoms with Crippen molar-refractivity contribution >= 4 is 0 Å². The van der Waals surface area contributed by atoms with Gasteiger partial charge in [0.05, 0.1) is 11.8 Å². The summed E-state index contributed by atoms with van der Waals surface area (Å²) in [4.78, 5) is 7.18. The number of aromatic nitrogens is 2. The number of H-pyrrole nitrogens is 1. The molecule has 0 amide bonds. The number of nitrogens with one attached hydrogen (secondary N) is 1. The van der Waals surface area contributed by atoms with Gasteiger partial charge in [0.25, 0.3) is 0 Å². The maximum absolute atomic E-state index is 9.46. The van der Waals surface area contributed by atoms with Crippen LogP contribution in [0.15, 0.2) is 0 Å². The molecule has 2 rings (SSSR count). The van der Waals surface area contributed by atoms with Gasteiger partial charge in [-0.05, 0) is 26.2 Å². The summed E-state index contributed by atoms with van der Waals surface area (Å²) in [5, 5.41) is 9.46. The molecule has 1 aromatic heterocycles. The van der Waals surface area contributed by atoms with Crippen LogP contribution in [0.2, 0.25) is 0 Å². The van der Waals surface area contributed by atoms with Crippen LogP contribution in [-0.2, 0) is 11.2 Å². The highest BCUT2D eigenvalue weighted by atomic mass is 16.5. The number of aromatic hydroxyl groups is 1. The molecule has 2 atom stereocenters. The number of aryl methyl sites for hydroxylation is 1. The Labute approximate surface area is 83.3 Å². The summed E-state index contributed by atoms with van der Waals surface area (Å²) < 4.78 is 5.66. The largest absolute Gasteiger partial charge is 0.492 e. The molecular weight excluding hydrogens is 180 g/mol. The predicted molar refractivity (Wildman–Crippen MR) is 52.2 cm³/mol. The smallest absolute Gasteiger partial charge is 0.232 e. The first-order chi connectivity index (χ1) is 6.70. The van der Waals surface area contributed by atoms with Gasteiger partial charge in [-0.1, -0.05) is 6.92 Å². The van der Waals surface area contributed by atoms with Gasteiger partial charge in [0.15, 0.2) is 0 Å². The first-order valence-corrected chi connectivity index (χ1v) is 5.14. The summed E-state index contributed by atoms with van der Waals surface area (Å²) in [6, 6.07) is 0. The van der Waals surface area contributed by atoms with Crippen molar-refractivity contribution in [3.8, 4) is 5.88 Å². The van der Waals surface area contributed by atoms with Crippen molar-refractivity contribution in [2.45, 2.75) is 45.3 Å². The lowest BCUT2D eigenvalue weighted by molar-refractivity contribution is 0.0506. The Balaban J connectivity index is 2.16. The second-order valence-electron chi connectivity index (χ2n) is 3.79. The lowest BCUT2D eigenvalue weighted by atomic mass is 10.2. The molecule has 1 aromatic rings. The number of aromatic amines is 1. The van der Waals surface area contributed by atoms with Gasteiger partial charge in [-0.25, -0.2) is 0 Å². The molecule has 0 saturated carbocycles. The van der Waals surface area contributed by atoms with Crippen molar-refractivity contribution in [1.29, 1.82) is 0 Å². The molecule has 2 heterocycles. The summed E-state index contributed by atoms with van der Waals surface area (Å²) >= 11 is 0. The average Bonchev–Trinajstić information content (AvgIpc) is 2.71. The zero-order valence-electron chi connectivity index (χ0n) is 8.58. The Hall–Kier alpha value is -1.03. The normalized spacial score (nSPS) is 27.0. The van der Waals surface area contributed by atoms with Gasteiger partial charge in [0, 0.05) is 0 Å². The van der Waals surface area contributed by atoms with Gasteiger partial charge < -0.3 is 14.8 Å². The van der Waals surface area contributed by atoms with Gasteiger partial charge in [0.1, 0.15) is 11.9 Å². The van der Waals surface area contributed by atoms with Crippen LogP contribution in [-0.4, -0.2) is 21.2 Å². The molecule has 1 aliphatic heterocycles. The highest BCUT2D eigenvalue weighted by molar-refractivity contribution is 5.20. The Morgan fingerprint density at radius 2 is 2.36 bits per heavy atom. The van der Waals surface area contributed by atoms with Gasteiger partial charge in [-0.3, -0.25) is 0 Å². The highest BCUT2D eigenvalue weighted by Crippen LogP contribution is 2.32. The topological polar surface area (TPSA) is 58.1 Å². The van der Waals surface area contributed by atoms with Gasteiger partial charge in [-0.15, -0.1) is 0 Å². The SMILES string of the molecule is CCc1[nH]c(C2CCC(C)O2)nc1O. The van der Waals surface area contributed by atoms with Gasteiger partial charge >= 0.3 is 0 Å². The van der Waals surface area contributed by atoms with Crippen molar-refractivity contribution in [3.05, 3.63) is 11.5 Å². The summed E-state index contributed by atoms with van der Waals surface area (Å²) in [5.41, 5.74) is 0.795. The van der Waals surface area contributed by atoms with Crippen LogP contribution in [0.5, 0.6) is 5.88 Å². The quantitative estimate of drug-likeness (QED) is 0.759. The molecule has 2 unspecified atom stereocenters. The molecule has 0 radical (unpaired) electrons. The highest BCUT2D eigenvalue weighted by Gasteiger charge is 2.26. The lowest BCUT2D eigenvalue weighted by Gasteiger charge is -2.06. The van der Waals surface area contributed by atoms with E-state index < -0.39 is 0 Å². The molecule has 14 heavy (non-hydrogen) atoms. The van der Waals surface area contributed by atoms with Crippen LogP contribution in [0.1, 0.15) is 44.3 Å². The van der Waals surface area contributed by atoms with Crippen molar-refractivity contribution < 1.29 is 9.84 Å². The fourth-order valence-electron chi connectivity index (χ4n) is 1.82. The summed E-state index contributed by atoms with van der Waals surface area (Å²) in [5.74, 6) is 0.884. The van der Waals surface area contributed by atoms with Crippen LogP contribution < -0.4 is 0 Å². The van der Waals surface area contributed by atoms with Crippen molar-refractivity contribution in [3.63, 3.8) is 0 Å². The second-order valence-corrected chi connectivity index (χ2v) is 3.79. The van der Waals surface area contributed by atoms with E-state index in [2.05, 4.69) is 16.9 Å². The van der Waals surface area contributed by atoms with E-state index in [0.29, 0.717) is 6.10 Å². The zero-order valence-corrected chi connectivity index (χ0v) is 8.58. The molecule has 1 saturated heterocycles. The van der Waals surface area contributed by atoms with Crippen molar-refractivity contribution in [2.75, 3.05) is 0 Å². The number of imidazole rings is 1. The maximum Gasteiger partial charge on any atom is 0.232 e. The van der Waals surface area contributed by atoms with Crippen LogP contribution in [0.25, 0.3) is 0 Å². The average molecular weight is 196 g/mol.